The molecule has 1 saturated carbocycles. The minimum atomic E-state index is -1.19. The third kappa shape index (κ3) is 4.61. The Morgan fingerprint density at radius 3 is 2.39 bits per heavy atom. The molecule has 0 unspecified atom stereocenters. The lowest BCUT2D eigenvalue weighted by molar-refractivity contribution is -0.139. The average molecular weight is 357 g/mol. The van der Waals surface area contributed by atoms with Crippen molar-refractivity contribution in [1.82, 2.24) is 5.32 Å². The fourth-order valence-electron chi connectivity index (χ4n) is 2.59. The summed E-state index contributed by atoms with van der Waals surface area (Å²) in [5.74, 6) is -0.671. The Morgan fingerprint density at radius 1 is 1.09 bits per heavy atom. The first-order valence-corrected chi connectivity index (χ1v) is 8.64. The van der Waals surface area contributed by atoms with Crippen molar-refractivity contribution in [2.24, 2.45) is 5.41 Å². The fourth-order valence-corrected chi connectivity index (χ4v) is 2.92. The van der Waals surface area contributed by atoms with Gasteiger partial charge in [-0.05, 0) is 44.9 Å². The van der Waals surface area contributed by atoms with Gasteiger partial charge in [0.25, 0.3) is 0 Å². The van der Waals surface area contributed by atoms with Crippen LogP contribution in [0.5, 0.6) is 0 Å². The van der Waals surface area contributed by atoms with Crippen molar-refractivity contribution in [1.29, 1.82) is 0 Å². The summed E-state index contributed by atoms with van der Waals surface area (Å²) in [7, 11) is 0. The first-order valence-electron chi connectivity index (χ1n) is 7.88. The summed E-state index contributed by atoms with van der Waals surface area (Å²) in [6, 6.07) is 4.98. The Kier molecular flexibility index (Phi) is 5.93. The van der Waals surface area contributed by atoms with E-state index in [-0.39, 0.29) is 11.9 Å². The van der Waals surface area contributed by atoms with Crippen LogP contribution in [-0.2, 0) is 9.59 Å². The highest BCUT2D eigenvalue weighted by atomic mass is 35.5. The minimum Gasteiger partial charge on any atom is -0.352 e. The number of hydrogen-bond acceptors (Lipinski definition) is 2. The van der Waals surface area contributed by atoms with Crippen LogP contribution >= 0.6 is 23.2 Å². The third-order valence-electron chi connectivity index (χ3n) is 4.25. The van der Waals surface area contributed by atoms with Crippen LogP contribution in [0.25, 0.3) is 0 Å². The predicted octanol–water partition coefficient (Wildman–Crippen LogP) is 4.41. The molecule has 0 bridgehead atoms. The molecule has 1 fully saturated rings. The van der Waals surface area contributed by atoms with Gasteiger partial charge < -0.3 is 10.6 Å². The zero-order valence-electron chi connectivity index (χ0n) is 13.4. The lowest BCUT2D eigenvalue weighted by Crippen LogP contribution is -2.49. The molecule has 23 heavy (non-hydrogen) atoms. The molecule has 0 spiro atoms. The second kappa shape index (κ2) is 7.54. The summed E-state index contributed by atoms with van der Waals surface area (Å²) in [6.07, 6.45) is 5.40. The second-order valence-electron chi connectivity index (χ2n) is 6.51. The second-order valence-corrected chi connectivity index (χ2v) is 7.36. The largest absolute Gasteiger partial charge is 0.352 e. The van der Waals surface area contributed by atoms with Crippen molar-refractivity contribution >= 4 is 40.7 Å². The average Bonchev–Trinajstić information content (AvgIpc) is 2.51. The van der Waals surface area contributed by atoms with Gasteiger partial charge in [-0.1, -0.05) is 42.5 Å². The maximum Gasteiger partial charge on any atom is 0.239 e. The van der Waals surface area contributed by atoms with Crippen LogP contribution in [0.3, 0.4) is 0 Å². The number of anilines is 1. The van der Waals surface area contributed by atoms with E-state index in [4.69, 9.17) is 23.2 Å². The summed E-state index contributed by atoms with van der Waals surface area (Å²) in [5, 5.41) is 6.53. The predicted molar refractivity (Wildman–Crippen MR) is 93.9 cm³/mol. The molecule has 1 aromatic rings. The fraction of sp³-hybridized carbons (Fsp3) is 0.529. The molecule has 0 aromatic heterocycles. The molecule has 0 atom stereocenters. The number of rotatable bonds is 4. The molecule has 1 aromatic carbocycles. The molecule has 126 valence electrons. The topological polar surface area (TPSA) is 58.2 Å². The van der Waals surface area contributed by atoms with E-state index in [1.807, 2.05) is 0 Å². The van der Waals surface area contributed by atoms with Crippen molar-refractivity contribution in [3.05, 3.63) is 28.2 Å². The molecular formula is C17H22Cl2N2O2. The molecule has 4 nitrogen and oxygen atoms in total. The molecule has 2 rings (SSSR count). The number of hydrogen-bond donors (Lipinski definition) is 2. The van der Waals surface area contributed by atoms with Crippen LogP contribution in [0.4, 0.5) is 5.69 Å². The van der Waals surface area contributed by atoms with E-state index >= 15 is 0 Å². The van der Waals surface area contributed by atoms with Crippen molar-refractivity contribution in [3.63, 3.8) is 0 Å². The van der Waals surface area contributed by atoms with Crippen LogP contribution in [0.2, 0.25) is 10.0 Å². The number of nitrogens with one attached hydrogen (secondary N) is 2. The van der Waals surface area contributed by atoms with Gasteiger partial charge in [0.2, 0.25) is 11.8 Å². The quantitative estimate of drug-likeness (QED) is 0.785. The number of amides is 2. The van der Waals surface area contributed by atoms with Gasteiger partial charge in [0, 0.05) is 11.1 Å². The Balaban J connectivity index is 2.03. The first-order chi connectivity index (χ1) is 10.8. The maximum absolute atomic E-state index is 12.5. The lowest BCUT2D eigenvalue weighted by atomic mass is 9.88. The Hall–Kier alpha value is -1.26. The molecule has 2 N–H and O–H groups in total. The normalized spacial score (nSPS) is 16.0. The van der Waals surface area contributed by atoms with Gasteiger partial charge in [0.1, 0.15) is 5.41 Å². The zero-order chi connectivity index (χ0) is 17.0. The highest BCUT2D eigenvalue weighted by Gasteiger charge is 2.37. The minimum absolute atomic E-state index is 0.165. The number of carbonyl (C=O) groups is 2. The van der Waals surface area contributed by atoms with E-state index in [9.17, 15) is 9.59 Å². The van der Waals surface area contributed by atoms with Gasteiger partial charge in [-0.15, -0.1) is 0 Å². The molecule has 2 amide bonds. The molecule has 0 saturated heterocycles. The number of benzene rings is 1. The summed E-state index contributed by atoms with van der Waals surface area (Å²) in [4.78, 5) is 25.0. The van der Waals surface area contributed by atoms with Gasteiger partial charge in [-0.3, -0.25) is 9.59 Å². The molecule has 1 aliphatic carbocycles. The zero-order valence-corrected chi connectivity index (χ0v) is 14.9. The van der Waals surface area contributed by atoms with E-state index in [2.05, 4.69) is 10.6 Å². The summed E-state index contributed by atoms with van der Waals surface area (Å²) in [5.41, 5.74) is -0.786. The molecule has 0 radical (unpaired) electrons. The van der Waals surface area contributed by atoms with Crippen molar-refractivity contribution in [3.8, 4) is 0 Å². The van der Waals surface area contributed by atoms with Crippen molar-refractivity contribution < 1.29 is 9.59 Å². The maximum atomic E-state index is 12.5. The SMILES string of the molecule is CC(C)(C(=O)Nc1cc(Cl)ccc1Cl)C(=O)NC1CCCCC1. The van der Waals surface area contributed by atoms with Gasteiger partial charge >= 0.3 is 0 Å². The Bertz CT molecular complexity index is 596. The summed E-state index contributed by atoms with van der Waals surface area (Å²) >= 11 is 12.0. The Labute approximate surface area is 146 Å². The van der Waals surface area contributed by atoms with Crippen LogP contribution in [0.1, 0.15) is 46.0 Å². The van der Waals surface area contributed by atoms with Crippen LogP contribution < -0.4 is 10.6 Å². The highest BCUT2D eigenvalue weighted by Crippen LogP contribution is 2.28. The van der Waals surface area contributed by atoms with Gasteiger partial charge in [0.15, 0.2) is 0 Å². The molecule has 0 aliphatic heterocycles. The first kappa shape index (κ1) is 18.1. The van der Waals surface area contributed by atoms with E-state index in [0.717, 1.165) is 25.7 Å². The molecule has 6 heteroatoms. The lowest BCUT2D eigenvalue weighted by Gasteiger charge is -2.28. The van der Waals surface area contributed by atoms with E-state index in [1.54, 1.807) is 32.0 Å². The summed E-state index contributed by atoms with van der Waals surface area (Å²) < 4.78 is 0. The van der Waals surface area contributed by atoms with E-state index in [1.165, 1.54) is 6.42 Å². The van der Waals surface area contributed by atoms with E-state index in [0.29, 0.717) is 15.7 Å². The van der Waals surface area contributed by atoms with Gasteiger partial charge in [0.05, 0.1) is 10.7 Å². The van der Waals surface area contributed by atoms with E-state index < -0.39 is 11.3 Å². The van der Waals surface area contributed by atoms with Crippen LogP contribution in [0.15, 0.2) is 18.2 Å². The third-order valence-corrected chi connectivity index (χ3v) is 4.82. The molecule has 0 heterocycles. The van der Waals surface area contributed by atoms with Gasteiger partial charge in [-0.2, -0.15) is 0 Å². The Morgan fingerprint density at radius 2 is 1.74 bits per heavy atom. The van der Waals surface area contributed by atoms with Crippen molar-refractivity contribution in [2.45, 2.75) is 52.0 Å². The number of halogens is 2. The standard InChI is InChI=1S/C17H22Cl2N2O2/c1-17(2,15(22)20-12-6-4-3-5-7-12)16(23)21-14-10-11(18)8-9-13(14)19/h8-10,12H,3-7H2,1-2H3,(H,20,22)(H,21,23). The van der Waals surface area contributed by atoms with Crippen molar-refractivity contribution in [2.75, 3.05) is 5.32 Å². The van der Waals surface area contributed by atoms with Crippen LogP contribution in [0, 0.1) is 5.41 Å². The summed E-state index contributed by atoms with van der Waals surface area (Å²) in [6.45, 7) is 3.22. The highest BCUT2D eigenvalue weighted by molar-refractivity contribution is 6.35. The molecular weight excluding hydrogens is 335 g/mol. The van der Waals surface area contributed by atoms with Gasteiger partial charge in [-0.25, -0.2) is 0 Å². The van der Waals surface area contributed by atoms with Crippen LogP contribution in [-0.4, -0.2) is 17.9 Å². The number of carbonyl (C=O) groups excluding carboxylic acids is 2. The smallest absolute Gasteiger partial charge is 0.239 e. The monoisotopic (exact) mass is 356 g/mol. The molecule has 1 aliphatic rings.